The van der Waals surface area contributed by atoms with E-state index < -0.39 is 5.54 Å². The van der Waals surface area contributed by atoms with Gasteiger partial charge in [-0.3, -0.25) is 0 Å². The van der Waals surface area contributed by atoms with Gasteiger partial charge in [0.05, 0.1) is 13.2 Å². The van der Waals surface area contributed by atoms with Gasteiger partial charge in [-0.15, -0.1) is 0 Å². The Hall–Kier alpha value is -2.11. The predicted octanol–water partition coefficient (Wildman–Crippen LogP) is 2.09. The third-order valence-electron chi connectivity index (χ3n) is 3.16. The summed E-state index contributed by atoms with van der Waals surface area (Å²) in [4.78, 5) is 14.2. The monoisotopic (exact) mass is 228 g/mol. The second-order valence-corrected chi connectivity index (χ2v) is 4.05. The normalized spacial score (nSPS) is 21.9. The molecule has 1 aliphatic carbocycles. The lowest BCUT2D eigenvalue weighted by Crippen LogP contribution is -2.27. The van der Waals surface area contributed by atoms with E-state index in [-0.39, 0.29) is 0 Å². The van der Waals surface area contributed by atoms with E-state index >= 15 is 0 Å². The number of hydrogen-bond donors (Lipinski definition) is 0. The van der Waals surface area contributed by atoms with Crippen molar-refractivity contribution in [2.45, 2.75) is 24.8 Å². The molecule has 0 radical (unpaired) electrons. The summed E-state index contributed by atoms with van der Waals surface area (Å²) in [7, 11) is 1.60. The van der Waals surface area contributed by atoms with E-state index in [0.29, 0.717) is 6.42 Å². The molecule has 4 heteroatoms. The predicted molar refractivity (Wildman–Crippen MR) is 61.3 cm³/mol. The first-order chi connectivity index (χ1) is 8.25. The zero-order chi connectivity index (χ0) is 12.3. The quantitative estimate of drug-likeness (QED) is 0.575. The van der Waals surface area contributed by atoms with Crippen molar-refractivity contribution in [3.8, 4) is 11.8 Å². The number of fused-ring (bicyclic) bond motifs is 1. The summed E-state index contributed by atoms with van der Waals surface area (Å²) < 4.78 is 5.15. The highest BCUT2D eigenvalue weighted by Crippen LogP contribution is 2.39. The van der Waals surface area contributed by atoms with E-state index in [1.54, 1.807) is 13.2 Å². The molecule has 0 N–H and O–H groups in total. The van der Waals surface area contributed by atoms with Crippen LogP contribution in [0.4, 0.5) is 0 Å². The summed E-state index contributed by atoms with van der Waals surface area (Å²) in [5, 5.41) is 9.29. The Kier molecular flexibility index (Phi) is 2.95. The minimum absolute atomic E-state index is 0.568. The summed E-state index contributed by atoms with van der Waals surface area (Å²) in [6.07, 6.45) is 3.80. The van der Waals surface area contributed by atoms with Crippen molar-refractivity contribution < 1.29 is 9.53 Å². The summed E-state index contributed by atoms with van der Waals surface area (Å²) >= 11 is 0. The first-order valence-corrected chi connectivity index (χ1v) is 5.43. The molecule has 0 fully saturated rings. The van der Waals surface area contributed by atoms with Crippen LogP contribution in [-0.4, -0.2) is 13.2 Å². The zero-order valence-electron chi connectivity index (χ0n) is 9.56. The molecule has 0 saturated carbocycles. The number of nitriles is 1. The van der Waals surface area contributed by atoms with Crippen molar-refractivity contribution in [1.29, 1.82) is 5.26 Å². The number of methoxy groups -OCH3 is 1. The van der Waals surface area contributed by atoms with Gasteiger partial charge in [0.2, 0.25) is 6.08 Å². The van der Waals surface area contributed by atoms with E-state index in [9.17, 15) is 10.1 Å². The Bertz CT molecular complexity index is 527. The second kappa shape index (κ2) is 4.40. The highest BCUT2D eigenvalue weighted by molar-refractivity contribution is 5.48. The average molecular weight is 228 g/mol. The van der Waals surface area contributed by atoms with Gasteiger partial charge in [-0.2, -0.15) is 10.3 Å². The fraction of sp³-hybridized carbons (Fsp3) is 0.385. The molecule has 17 heavy (non-hydrogen) atoms. The molecule has 1 atom stereocenters. The number of hydrogen-bond acceptors (Lipinski definition) is 4. The van der Waals surface area contributed by atoms with E-state index in [1.807, 2.05) is 12.1 Å². The number of aliphatic imine (C=N–C) groups is 1. The molecule has 4 nitrogen and oxygen atoms in total. The summed E-state index contributed by atoms with van der Waals surface area (Å²) in [5.41, 5.74) is 0.772. The lowest BCUT2D eigenvalue weighted by atomic mass is 9.78. The van der Waals surface area contributed by atoms with Crippen LogP contribution < -0.4 is 4.74 Å². The lowest BCUT2D eigenvalue weighted by Gasteiger charge is -2.28. The Morgan fingerprint density at radius 3 is 3.00 bits per heavy atom. The highest BCUT2D eigenvalue weighted by atomic mass is 16.5. The topological polar surface area (TPSA) is 62.4 Å². The van der Waals surface area contributed by atoms with Gasteiger partial charge in [0, 0.05) is 0 Å². The maximum atomic E-state index is 10.5. The van der Waals surface area contributed by atoms with Crippen molar-refractivity contribution in [2.75, 3.05) is 7.11 Å². The molecule has 0 amide bonds. The van der Waals surface area contributed by atoms with Crippen LogP contribution in [0.1, 0.15) is 24.0 Å². The van der Waals surface area contributed by atoms with Crippen LogP contribution in [0.5, 0.6) is 5.75 Å². The molecule has 1 unspecified atom stereocenters. The van der Waals surface area contributed by atoms with Crippen LogP contribution >= 0.6 is 0 Å². The molecule has 0 heterocycles. The molecule has 1 aromatic rings. The average Bonchev–Trinajstić information content (AvgIpc) is 2.38. The number of benzene rings is 1. The summed E-state index contributed by atoms with van der Waals surface area (Å²) in [5.74, 6) is 0.757. The van der Waals surface area contributed by atoms with Gasteiger partial charge >= 0.3 is 0 Å². The maximum absolute atomic E-state index is 10.5. The van der Waals surface area contributed by atoms with Crippen LogP contribution in [0, 0.1) is 11.3 Å². The van der Waals surface area contributed by atoms with E-state index in [4.69, 9.17) is 4.74 Å². The van der Waals surface area contributed by atoms with Crippen molar-refractivity contribution in [3.63, 3.8) is 0 Å². The SMILES string of the molecule is COc1ccc2c(c1)CCCC2(C#N)N=C=O. The largest absolute Gasteiger partial charge is 0.497 e. The number of aryl methyl sites for hydroxylation is 1. The van der Waals surface area contributed by atoms with Gasteiger partial charge in [0.15, 0.2) is 5.54 Å². The summed E-state index contributed by atoms with van der Waals surface area (Å²) in [6.45, 7) is 0. The number of carbonyl (C=O) groups excluding carboxylic acids is 1. The second-order valence-electron chi connectivity index (χ2n) is 4.05. The highest BCUT2D eigenvalue weighted by Gasteiger charge is 2.36. The van der Waals surface area contributed by atoms with Crippen molar-refractivity contribution >= 4 is 6.08 Å². The van der Waals surface area contributed by atoms with E-state index in [1.165, 1.54) is 6.08 Å². The third-order valence-corrected chi connectivity index (χ3v) is 3.16. The molecule has 0 aliphatic heterocycles. The fourth-order valence-corrected chi connectivity index (χ4v) is 2.31. The molecule has 0 saturated heterocycles. The minimum Gasteiger partial charge on any atom is -0.497 e. The van der Waals surface area contributed by atoms with Crippen molar-refractivity contribution in [3.05, 3.63) is 29.3 Å². The molecular weight excluding hydrogens is 216 g/mol. The summed E-state index contributed by atoms with van der Waals surface area (Å²) in [6, 6.07) is 7.65. The first kappa shape index (κ1) is 11.4. The first-order valence-electron chi connectivity index (χ1n) is 5.43. The molecule has 2 rings (SSSR count). The van der Waals surface area contributed by atoms with Crippen LogP contribution in [0.15, 0.2) is 23.2 Å². The molecule has 0 aromatic heterocycles. The number of isocyanates is 1. The van der Waals surface area contributed by atoms with E-state index in [0.717, 1.165) is 29.7 Å². The van der Waals surface area contributed by atoms with Crippen LogP contribution in [0.2, 0.25) is 0 Å². The Labute approximate surface area is 99.5 Å². The van der Waals surface area contributed by atoms with Gasteiger partial charge in [-0.25, -0.2) is 4.79 Å². The lowest BCUT2D eigenvalue weighted by molar-refractivity contribution is 0.410. The van der Waals surface area contributed by atoms with Crippen LogP contribution in [-0.2, 0) is 16.8 Å². The Balaban J connectivity index is 2.59. The van der Waals surface area contributed by atoms with Crippen LogP contribution in [0.3, 0.4) is 0 Å². The van der Waals surface area contributed by atoms with Gasteiger partial charge in [0.1, 0.15) is 5.75 Å². The molecule has 0 spiro atoms. The smallest absolute Gasteiger partial charge is 0.236 e. The third kappa shape index (κ3) is 1.82. The maximum Gasteiger partial charge on any atom is 0.236 e. The van der Waals surface area contributed by atoms with E-state index in [2.05, 4.69) is 11.1 Å². The number of rotatable bonds is 2. The zero-order valence-corrected chi connectivity index (χ0v) is 9.56. The minimum atomic E-state index is -1.05. The van der Waals surface area contributed by atoms with Gasteiger partial charge in [0.25, 0.3) is 0 Å². The van der Waals surface area contributed by atoms with Crippen molar-refractivity contribution in [1.82, 2.24) is 0 Å². The molecule has 0 bridgehead atoms. The standard InChI is InChI=1S/C13H12N2O2/c1-17-11-4-5-12-10(7-11)3-2-6-13(12,8-14)15-9-16/h4-5,7H,2-3,6H2,1H3. The van der Waals surface area contributed by atoms with Crippen molar-refractivity contribution in [2.24, 2.45) is 4.99 Å². The van der Waals surface area contributed by atoms with Gasteiger partial charge in [-0.05, 0) is 42.5 Å². The Morgan fingerprint density at radius 2 is 2.35 bits per heavy atom. The van der Waals surface area contributed by atoms with Gasteiger partial charge < -0.3 is 4.74 Å². The molecule has 1 aromatic carbocycles. The Morgan fingerprint density at radius 1 is 1.53 bits per heavy atom. The number of ether oxygens (including phenoxy) is 1. The molecule has 86 valence electrons. The molecular formula is C13H12N2O2. The van der Waals surface area contributed by atoms with Crippen LogP contribution in [0.25, 0.3) is 0 Å². The fourth-order valence-electron chi connectivity index (χ4n) is 2.31. The molecule has 1 aliphatic rings. The number of nitrogens with zero attached hydrogens (tertiary/aromatic N) is 2. The van der Waals surface area contributed by atoms with Gasteiger partial charge in [-0.1, -0.05) is 6.07 Å².